The summed E-state index contributed by atoms with van der Waals surface area (Å²) >= 11 is 0. The van der Waals surface area contributed by atoms with Crippen molar-refractivity contribution in [1.29, 1.82) is 0 Å². The van der Waals surface area contributed by atoms with Crippen molar-refractivity contribution >= 4 is 11.5 Å². The molecule has 1 aromatic heterocycles. The Morgan fingerprint density at radius 1 is 1.64 bits per heavy atom. The minimum absolute atomic E-state index is 0.201. The van der Waals surface area contributed by atoms with Crippen LogP contribution in [0.1, 0.15) is 0 Å². The summed E-state index contributed by atoms with van der Waals surface area (Å²) in [5.41, 5.74) is 5.84. The van der Waals surface area contributed by atoms with Crippen molar-refractivity contribution in [3.8, 4) is 0 Å². The van der Waals surface area contributed by atoms with E-state index in [1.54, 1.807) is 7.11 Å². The topological polar surface area (TPSA) is 51.4 Å². The average Bonchev–Trinajstić information content (AvgIpc) is 2.06. The van der Waals surface area contributed by atoms with Gasteiger partial charge in [0.05, 0.1) is 18.0 Å². The summed E-state index contributed by atoms with van der Waals surface area (Å²) in [7, 11) is 1.65. The quantitative estimate of drug-likeness (QED) is 0.755. The molecule has 2 N–H and O–H groups in total. The number of pyridine rings is 1. The number of methoxy groups -OCH3 is 1. The van der Waals surface area contributed by atoms with Crippen LogP contribution in [0.5, 0.6) is 0 Å². The van der Waals surface area contributed by atoms with Crippen LogP contribution in [0, 0.1) is 5.82 Å². The number of hydrogen-bond acceptors (Lipinski definition) is 4. The molecule has 1 aliphatic rings. The van der Waals surface area contributed by atoms with E-state index in [1.807, 2.05) is 4.90 Å². The summed E-state index contributed by atoms with van der Waals surface area (Å²) in [6, 6.07) is 1.23. The van der Waals surface area contributed by atoms with Gasteiger partial charge in [0.15, 0.2) is 5.82 Å². The van der Waals surface area contributed by atoms with Crippen molar-refractivity contribution in [2.75, 3.05) is 30.8 Å². The number of nitrogens with zero attached hydrogens (tertiary/aromatic N) is 2. The Balaban J connectivity index is 2.11. The van der Waals surface area contributed by atoms with E-state index in [4.69, 9.17) is 10.5 Å². The number of ether oxygens (including phenoxy) is 1. The van der Waals surface area contributed by atoms with Gasteiger partial charge >= 0.3 is 0 Å². The molecule has 1 aliphatic heterocycles. The minimum Gasteiger partial charge on any atom is -0.384 e. The molecule has 0 radical (unpaired) electrons. The molecule has 2 heterocycles. The molecule has 0 aliphatic carbocycles. The van der Waals surface area contributed by atoms with Crippen LogP contribution in [-0.2, 0) is 4.74 Å². The predicted octanol–water partition coefficient (Wildman–Crippen LogP) is 0.638. The van der Waals surface area contributed by atoms with Crippen LogP contribution in [0.15, 0.2) is 12.3 Å². The number of nitrogen functional groups attached to an aromatic ring is 1. The van der Waals surface area contributed by atoms with Crippen LogP contribution in [0.3, 0.4) is 0 Å². The Morgan fingerprint density at radius 3 is 2.93 bits per heavy atom. The molecule has 0 aromatic carbocycles. The van der Waals surface area contributed by atoms with E-state index < -0.39 is 0 Å². The summed E-state index contributed by atoms with van der Waals surface area (Å²) in [6.07, 6.45) is 1.66. The molecule has 0 spiro atoms. The first kappa shape index (κ1) is 9.21. The molecular weight excluding hydrogens is 185 g/mol. The van der Waals surface area contributed by atoms with E-state index in [2.05, 4.69) is 4.98 Å². The first-order valence-corrected chi connectivity index (χ1v) is 4.39. The van der Waals surface area contributed by atoms with Crippen molar-refractivity contribution in [2.24, 2.45) is 0 Å². The highest BCUT2D eigenvalue weighted by Crippen LogP contribution is 2.25. The van der Waals surface area contributed by atoms with E-state index in [9.17, 15) is 4.39 Å². The fourth-order valence-electron chi connectivity index (χ4n) is 1.45. The largest absolute Gasteiger partial charge is 0.384 e. The van der Waals surface area contributed by atoms with Crippen LogP contribution < -0.4 is 10.6 Å². The zero-order valence-electron chi connectivity index (χ0n) is 7.90. The van der Waals surface area contributed by atoms with Crippen LogP contribution in [-0.4, -0.2) is 31.3 Å². The second kappa shape index (κ2) is 3.42. The predicted molar refractivity (Wildman–Crippen MR) is 51.6 cm³/mol. The second-order valence-corrected chi connectivity index (χ2v) is 3.32. The lowest BCUT2D eigenvalue weighted by Gasteiger charge is -2.39. The van der Waals surface area contributed by atoms with E-state index in [-0.39, 0.29) is 17.7 Å². The van der Waals surface area contributed by atoms with Gasteiger partial charge in [-0.1, -0.05) is 0 Å². The lowest BCUT2D eigenvalue weighted by molar-refractivity contribution is 0.0783. The Morgan fingerprint density at radius 2 is 2.36 bits per heavy atom. The third-order valence-electron chi connectivity index (χ3n) is 2.38. The summed E-state index contributed by atoms with van der Waals surface area (Å²) in [5.74, 6) is -0.123. The summed E-state index contributed by atoms with van der Waals surface area (Å²) in [5, 5.41) is 0. The molecule has 0 unspecified atom stereocenters. The average molecular weight is 197 g/mol. The summed E-state index contributed by atoms with van der Waals surface area (Å²) in [6.45, 7) is 1.41. The number of nitrogens with two attached hydrogens (primary N) is 1. The molecule has 76 valence electrons. The van der Waals surface area contributed by atoms with E-state index in [0.29, 0.717) is 18.8 Å². The van der Waals surface area contributed by atoms with Gasteiger partial charge in [-0.2, -0.15) is 0 Å². The number of aromatic nitrogens is 1. The highest BCUT2D eigenvalue weighted by atomic mass is 19.1. The molecule has 1 fully saturated rings. The van der Waals surface area contributed by atoms with Crippen LogP contribution in [0.4, 0.5) is 15.9 Å². The minimum atomic E-state index is -0.327. The van der Waals surface area contributed by atoms with Crippen LogP contribution in [0.2, 0.25) is 0 Å². The zero-order valence-corrected chi connectivity index (χ0v) is 7.90. The Labute approximate surface area is 81.5 Å². The highest BCUT2D eigenvalue weighted by molar-refractivity contribution is 5.51. The van der Waals surface area contributed by atoms with E-state index in [0.717, 1.165) is 0 Å². The van der Waals surface area contributed by atoms with Crippen molar-refractivity contribution in [3.05, 3.63) is 18.1 Å². The van der Waals surface area contributed by atoms with Crippen LogP contribution in [0.25, 0.3) is 0 Å². The molecule has 0 saturated carbocycles. The number of anilines is 2. The lowest BCUT2D eigenvalue weighted by Crippen LogP contribution is -2.52. The zero-order chi connectivity index (χ0) is 10.1. The van der Waals surface area contributed by atoms with Gasteiger partial charge in [0.1, 0.15) is 5.82 Å². The molecule has 1 aromatic rings. The van der Waals surface area contributed by atoms with Crippen molar-refractivity contribution < 1.29 is 9.13 Å². The molecule has 5 heteroatoms. The molecule has 0 atom stereocenters. The molecule has 0 amide bonds. The second-order valence-electron chi connectivity index (χ2n) is 3.32. The summed E-state index contributed by atoms with van der Waals surface area (Å²) in [4.78, 5) is 5.72. The third-order valence-corrected chi connectivity index (χ3v) is 2.38. The monoisotopic (exact) mass is 197 g/mol. The van der Waals surface area contributed by atoms with Crippen molar-refractivity contribution in [1.82, 2.24) is 4.98 Å². The van der Waals surface area contributed by atoms with Gasteiger partial charge in [-0.15, -0.1) is 0 Å². The maximum atomic E-state index is 13.4. The Kier molecular flexibility index (Phi) is 2.25. The van der Waals surface area contributed by atoms with Crippen molar-refractivity contribution in [3.63, 3.8) is 0 Å². The van der Waals surface area contributed by atoms with Gasteiger partial charge in [0, 0.05) is 26.3 Å². The van der Waals surface area contributed by atoms with Crippen molar-refractivity contribution in [2.45, 2.75) is 6.10 Å². The Hall–Kier alpha value is -1.36. The van der Waals surface area contributed by atoms with Gasteiger partial charge in [-0.3, -0.25) is 0 Å². The highest BCUT2D eigenvalue weighted by Gasteiger charge is 2.28. The normalized spacial score (nSPS) is 16.9. The first-order chi connectivity index (χ1) is 6.70. The van der Waals surface area contributed by atoms with Gasteiger partial charge in [0.2, 0.25) is 0 Å². The third kappa shape index (κ3) is 1.50. The number of halogens is 1. The Bertz CT molecular complexity index is 339. The van der Waals surface area contributed by atoms with Gasteiger partial charge in [0.25, 0.3) is 0 Å². The van der Waals surface area contributed by atoms with Gasteiger partial charge < -0.3 is 15.4 Å². The SMILES string of the molecule is COC1CN(c2cnc(N)cc2F)C1. The maximum absolute atomic E-state index is 13.4. The number of rotatable bonds is 2. The fourth-order valence-corrected chi connectivity index (χ4v) is 1.45. The van der Waals surface area contributed by atoms with Crippen LogP contribution >= 0.6 is 0 Å². The standard InChI is InChI=1S/C9H12FN3O/c1-14-6-4-13(5-6)8-3-12-9(11)2-7(8)10/h2-3,6H,4-5H2,1H3,(H2,11,12). The lowest BCUT2D eigenvalue weighted by atomic mass is 10.1. The molecule has 2 rings (SSSR count). The molecular formula is C9H12FN3O. The molecule has 1 saturated heterocycles. The van der Waals surface area contributed by atoms with Gasteiger partial charge in [-0.25, -0.2) is 9.37 Å². The first-order valence-electron chi connectivity index (χ1n) is 4.39. The van der Waals surface area contributed by atoms with E-state index >= 15 is 0 Å². The maximum Gasteiger partial charge on any atom is 0.151 e. The molecule has 0 bridgehead atoms. The van der Waals surface area contributed by atoms with E-state index in [1.165, 1.54) is 12.3 Å². The molecule has 4 nitrogen and oxygen atoms in total. The summed E-state index contributed by atoms with van der Waals surface area (Å²) < 4.78 is 18.4. The van der Waals surface area contributed by atoms with Gasteiger partial charge in [-0.05, 0) is 0 Å². The molecule has 14 heavy (non-hydrogen) atoms. The number of hydrogen-bond donors (Lipinski definition) is 1. The fraction of sp³-hybridized carbons (Fsp3) is 0.444. The smallest absolute Gasteiger partial charge is 0.151 e.